The predicted octanol–water partition coefficient (Wildman–Crippen LogP) is 3.09. The fourth-order valence-electron chi connectivity index (χ4n) is 2.80. The number of methoxy groups -OCH3 is 1. The first-order valence-corrected chi connectivity index (χ1v) is 7.42. The van der Waals surface area contributed by atoms with E-state index in [0.717, 1.165) is 30.0 Å². The Kier molecular flexibility index (Phi) is 4.09. The van der Waals surface area contributed by atoms with Crippen LogP contribution in [-0.4, -0.2) is 24.5 Å². The number of Topliss-reactive ketones (excluding diaryl/α,β-unsaturated/α-hetero) is 1. The van der Waals surface area contributed by atoms with Crippen LogP contribution in [0.2, 0.25) is 0 Å². The van der Waals surface area contributed by atoms with Crippen LogP contribution in [0.25, 0.3) is 0 Å². The van der Waals surface area contributed by atoms with Crippen molar-refractivity contribution < 1.29 is 14.3 Å². The molecule has 2 aromatic rings. The van der Waals surface area contributed by atoms with Crippen LogP contribution >= 0.6 is 0 Å². The van der Waals surface area contributed by atoms with Gasteiger partial charge in [0.2, 0.25) is 0 Å². The van der Waals surface area contributed by atoms with Crippen LogP contribution in [0, 0.1) is 5.92 Å². The van der Waals surface area contributed by atoms with Gasteiger partial charge < -0.3 is 9.47 Å². The molecule has 22 heavy (non-hydrogen) atoms. The average molecular weight is 297 g/mol. The predicted molar refractivity (Wildman–Crippen MR) is 83.6 cm³/mol. The van der Waals surface area contributed by atoms with Gasteiger partial charge in [0.05, 0.1) is 13.7 Å². The molecule has 4 heteroatoms. The molecule has 0 fully saturated rings. The van der Waals surface area contributed by atoms with Crippen molar-refractivity contribution in [3.63, 3.8) is 0 Å². The summed E-state index contributed by atoms with van der Waals surface area (Å²) in [6.45, 7) is 2.21. The van der Waals surface area contributed by atoms with E-state index in [-0.39, 0.29) is 5.78 Å². The molecule has 114 valence electrons. The summed E-state index contributed by atoms with van der Waals surface area (Å²) in [4.78, 5) is 15.7. The molecule has 0 aliphatic carbocycles. The van der Waals surface area contributed by atoms with E-state index in [0.29, 0.717) is 18.1 Å². The van der Waals surface area contributed by atoms with Crippen LogP contribution in [0.3, 0.4) is 0 Å². The quantitative estimate of drug-likeness (QED) is 0.814. The number of ether oxygens (including phenoxy) is 2. The van der Waals surface area contributed by atoms with Crippen molar-refractivity contribution in [2.75, 3.05) is 13.7 Å². The maximum atomic E-state index is 11.3. The summed E-state index contributed by atoms with van der Waals surface area (Å²) in [6.07, 6.45) is 3.44. The smallest absolute Gasteiger partial charge is 0.164 e. The Hall–Kier alpha value is -2.36. The Bertz CT molecular complexity index is 679. The topological polar surface area (TPSA) is 48.4 Å². The highest BCUT2D eigenvalue weighted by molar-refractivity contribution is 5.93. The number of nitrogens with zero attached hydrogens (tertiary/aromatic N) is 1. The maximum absolute atomic E-state index is 11.3. The molecule has 0 saturated heterocycles. The van der Waals surface area contributed by atoms with E-state index in [4.69, 9.17) is 9.47 Å². The van der Waals surface area contributed by atoms with E-state index in [1.165, 1.54) is 5.56 Å². The number of hydrogen-bond acceptors (Lipinski definition) is 4. The number of fused-ring (bicyclic) bond motifs is 1. The number of carbonyl (C=O) groups excluding carboxylic acids is 1. The van der Waals surface area contributed by atoms with Gasteiger partial charge >= 0.3 is 0 Å². The van der Waals surface area contributed by atoms with Gasteiger partial charge in [0.15, 0.2) is 17.3 Å². The van der Waals surface area contributed by atoms with Crippen LogP contribution in [-0.2, 0) is 12.8 Å². The second-order valence-electron chi connectivity index (χ2n) is 5.63. The lowest BCUT2D eigenvalue weighted by Crippen LogP contribution is -2.23. The second-order valence-corrected chi connectivity index (χ2v) is 5.63. The number of carbonyl (C=O) groups is 1. The highest BCUT2D eigenvalue weighted by atomic mass is 16.5. The van der Waals surface area contributed by atoms with Gasteiger partial charge in [0.1, 0.15) is 0 Å². The lowest BCUT2D eigenvalue weighted by Gasteiger charge is -2.26. The van der Waals surface area contributed by atoms with Crippen LogP contribution < -0.4 is 9.47 Å². The van der Waals surface area contributed by atoms with Crippen molar-refractivity contribution in [1.29, 1.82) is 0 Å². The van der Waals surface area contributed by atoms with Crippen LogP contribution in [0.1, 0.15) is 28.5 Å². The van der Waals surface area contributed by atoms with E-state index >= 15 is 0 Å². The van der Waals surface area contributed by atoms with Gasteiger partial charge in [0.25, 0.3) is 0 Å². The first-order chi connectivity index (χ1) is 10.7. The van der Waals surface area contributed by atoms with Gasteiger partial charge in [-0.25, -0.2) is 0 Å². The molecular weight excluding hydrogens is 278 g/mol. The molecule has 1 aromatic heterocycles. The van der Waals surface area contributed by atoms with Gasteiger partial charge in [-0.2, -0.15) is 0 Å². The first-order valence-electron chi connectivity index (χ1n) is 7.42. The summed E-state index contributed by atoms with van der Waals surface area (Å²) in [5, 5.41) is 0. The largest absolute Gasteiger partial charge is 0.493 e. The molecule has 2 heterocycles. The third-order valence-corrected chi connectivity index (χ3v) is 3.98. The van der Waals surface area contributed by atoms with E-state index in [1.807, 2.05) is 24.3 Å². The summed E-state index contributed by atoms with van der Waals surface area (Å²) >= 11 is 0. The normalized spacial score (nSPS) is 16.5. The zero-order valence-corrected chi connectivity index (χ0v) is 12.8. The minimum atomic E-state index is 0.0427. The number of hydrogen-bond donors (Lipinski definition) is 0. The Morgan fingerprint density at radius 1 is 1.36 bits per heavy atom. The van der Waals surface area contributed by atoms with Crippen molar-refractivity contribution in [2.24, 2.45) is 5.92 Å². The van der Waals surface area contributed by atoms with Crippen molar-refractivity contribution in [3.05, 3.63) is 53.3 Å². The molecule has 4 nitrogen and oxygen atoms in total. The summed E-state index contributed by atoms with van der Waals surface area (Å²) < 4.78 is 11.2. The molecule has 0 amide bonds. The number of rotatable bonds is 4. The molecule has 0 radical (unpaired) electrons. The molecule has 1 atom stereocenters. The molecule has 0 bridgehead atoms. The van der Waals surface area contributed by atoms with Gasteiger partial charge in [-0.05, 0) is 43.5 Å². The summed E-state index contributed by atoms with van der Waals surface area (Å²) in [5.74, 6) is 2.08. The molecule has 1 aromatic carbocycles. The number of pyridine rings is 1. The van der Waals surface area contributed by atoms with E-state index < -0.39 is 0 Å². The molecule has 1 aliphatic heterocycles. The van der Waals surface area contributed by atoms with Gasteiger partial charge in [-0.15, -0.1) is 0 Å². The molecule has 1 aliphatic rings. The zero-order chi connectivity index (χ0) is 15.5. The second kappa shape index (κ2) is 6.18. The first kappa shape index (κ1) is 14.6. The monoisotopic (exact) mass is 297 g/mol. The van der Waals surface area contributed by atoms with Crippen LogP contribution in [0.4, 0.5) is 0 Å². The van der Waals surface area contributed by atoms with Crippen molar-refractivity contribution >= 4 is 5.78 Å². The Labute approximate surface area is 130 Å². The maximum Gasteiger partial charge on any atom is 0.164 e. The fraction of sp³-hybridized carbons (Fsp3) is 0.333. The Morgan fingerprint density at radius 3 is 2.91 bits per heavy atom. The molecule has 0 N–H and O–H groups in total. The zero-order valence-electron chi connectivity index (χ0n) is 12.8. The molecular formula is C18H19NO3. The minimum absolute atomic E-state index is 0.0427. The average Bonchev–Trinajstić information content (AvgIpc) is 2.54. The van der Waals surface area contributed by atoms with E-state index in [2.05, 4.69) is 11.1 Å². The standard InChI is InChI=1S/C18H19NO3/c1-12(20)15-6-7-16(19-10-15)9-13-8-14-4-3-5-17(21-2)18(14)22-11-13/h3-7,10,13H,8-9,11H2,1-2H3/t13-/m1/s1. The number of ketones is 1. The Balaban J connectivity index is 1.71. The molecule has 3 rings (SSSR count). The molecule has 0 unspecified atom stereocenters. The summed E-state index contributed by atoms with van der Waals surface area (Å²) in [7, 11) is 1.66. The van der Waals surface area contributed by atoms with Gasteiger partial charge in [-0.3, -0.25) is 9.78 Å². The summed E-state index contributed by atoms with van der Waals surface area (Å²) in [5.41, 5.74) is 2.82. The van der Waals surface area contributed by atoms with Crippen molar-refractivity contribution in [1.82, 2.24) is 4.98 Å². The van der Waals surface area contributed by atoms with E-state index in [9.17, 15) is 4.79 Å². The molecule has 0 saturated carbocycles. The minimum Gasteiger partial charge on any atom is -0.493 e. The Morgan fingerprint density at radius 2 is 2.23 bits per heavy atom. The SMILES string of the molecule is COc1cccc2c1OC[C@@H](Cc1ccc(C(C)=O)cn1)C2. The van der Waals surface area contributed by atoms with Gasteiger partial charge in [-0.1, -0.05) is 12.1 Å². The van der Waals surface area contributed by atoms with Gasteiger partial charge in [0, 0.05) is 23.4 Å². The number of para-hydroxylation sites is 1. The number of aromatic nitrogens is 1. The van der Waals surface area contributed by atoms with E-state index in [1.54, 1.807) is 20.2 Å². The van der Waals surface area contributed by atoms with Crippen LogP contribution in [0.15, 0.2) is 36.5 Å². The lowest BCUT2D eigenvalue weighted by molar-refractivity contribution is 0.101. The van der Waals surface area contributed by atoms with Crippen molar-refractivity contribution in [3.8, 4) is 11.5 Å². The third kappa shape index (κ3) is 2.96. The van der Waals surface area contributed by atoms with Crippen LogP contribution in [0.5, 0.6) is 11.5 Å². The lowest BCUT2D eigenvalue weighted by atomic mass is 9.92. The highest BCUT2D eigenvalue weighted by Gasteiger charge is 2.23. The fourth-order valence-corrected chi connectivity index (χ4v) is 2.80. The number of benzene rings is 1. The molecule has 0 spiro atoms. The summed E-state index contributed by atoms with van der Waals surface area (Å²) in [6, 6.07) is 9.75. The van der Waals surface area contributed by atoms with Crippen molar-refractivity contribution in [2.45, 2.75) is 19.8 Å². The highest BCUT2D eigenvalue weighted by Crippen LogP contribution is 2.36. The third-order valence-electron chi connectivity index (χ3n) is 3.98.